The molecular formula is C12H13BrN2O3S. The number of anilines is 1. The fourth-order valence-corrected chi connectivity index (χ4v) is 1.72. The van der Waals surface area contributed by atoms with Crippen molar-refractivity contribution in [1.29, 1.82) is 0 Å². The summed E-state index contributed by atoms with van der Waals surface area (Å²) in [4.78, 5) is 22.3. The Kier molecular flexibility index (Phi) is 5.44. The number of carboxylic acid groups (broad SMARTS) is 1. The first-order chi connectivity index (χ1) is 8.81. The molecule has 5 nitrogen and oxygen atoms in total. The van der Waals surface area contributed by atoms with Crippen LogP contribution in [-0.4, -0.2) is 22.1 Å². The summed E-state index contributed by atoms with van der Waals surface area (Å²) in [6, 6.07) is 4.49. The highest BCUT2D eigenvalue weighted by Gasteiger charge is 2.11. The highest BCUT2D eigenvalue weighted by Crippen LogP contribution is 2.23. The van der Waals surface area contributed by atoms with E-state index in [-0.39, 0.29) is 22.5 Å². The smallest absolute Gasteiger partial charge is 0.335 e. The van der Waals surface area contributed by atoms with Gasteiger partial charge >= 0.3 is 5.97 Å². The summed E-state index contributed by atoms with van der Waals surface area (Å²) in [5, 5.41) is 14.3. The van der Waals surface area contributed by atoms with Gasteiger partial charge in [0.05, 0.1) is 11.3 Å². The van der Waals surface area contributed by atoms with E-state index in [0.717, 1.165) is 0 Å². The minimum Gasteiger partial charge on any atom is -0.478 e. The van der Waals surface area contributed by atoms with E-state index in [4.69, 9.17) is 17.3 Å². The summed E-state index contributed by atoms with van der Waals surface area (Å²) in [6.07, 6.45) is 0. The molecule has 0 saturated carbocycles. The van der Waals surface area contributed by atoms with Crippen LogP contribution in [0.3, 0.4) is 0 Å². The first kappa shape index (κ1) is 15.6. The number of rotatable bonds is 3. The summed E-state index contributed by atoms with van der Waals surface area (Å²) in [5.41, 5.74) is 0.609. The van der Waals surface area contributed by atoms with Crippen LogP contribution in [0.4, 0.5) is 5.69 Å². The Morgan fingerprint density at radius 3 is 2.53 bits per heavy atom. The summed E-state index contributed by atoms with van der Waals surface area (Å²) in [6.45, 7) is 3.50. The summed E-state index contributed by atoms with van der Waals surface area (Å²) < 4.78 is 0.652. The molecule has 0 fully saturated rings. The average molecular weight is 345 g/mol. The highest BCUT2D eigenvalue weighted by atomic mass is 79.9. The number of thiocarbonyl (C=S) groups is 1. The molecule has 1 aromatic rings. The molecule has 0 unspecified atom stereocenters. The van der Waals surface area contributed by atoms with Crippen molar-refractivity contribution in [2.45, 2.75) is 13.8 Å². The van der Waals surface area contributed by atoms with Gasteiger partial charge in [0.25, 0.3) is 0 Å². The Bertz CT molecular complexity index is 532. The highest BCUT2D eigenvalue weighted by molar-refractivity contribution is 9.10. The third kappa shape index (κ3) is 4.60. The summed E-state index contributed by atoms with van der Waals surface area (Å²) in [7, 11) is 0. The molecule has 7 heteroatoms. The molecule has 0 radical (unpaired) electrons. The van der Waals surface area contributed by atoms with Crippen LogP contribution in [0, 0.1) is 5.92 Å². The van der Waals surface area contributed by atoms with Gasteiger partial charge in [-0.05, 0) is 46.3 Å². The van der Waals surface area contributed by atoms with E-state index in [1.807, 2.05) is 0 Å². The Balaban J connectivity index is 2.81. The fraction of sp³-hybridized carbons (Fsp3) is 0.250. The van der Waals surface area contributed by atoms with Gasteiger partial charge < -0.3 is 15.7 Å². The van der Waals surface area contributed by atoms with Crippen molar-refractivity contribution in [3.05, 3.63) is 28.2 Å². The number of hydrogen-bond acceptors (Lipinski definition) is 3. The van der Waals surface area contributed by atoms with Crippen molar-refractivity contribution in [3.63, 3.8) is 0 Å². The summed E-state index contributed by atoms with van der Waals surface area (Å²) in [5.74, 6) is -1.43. The van der Waals surface area contributed by atoms with E-state index >= 15 is 0 Å². The van der Waals surface area contributed by atoms with Gasteiger partial charge in [0.2, 0.25) is 5.91 Å². The summed E-state index contributed by atoms with van der Waals surface area (Å²) >= 11 is 8.26. The normalized spacial score (nSPS) is 10.1. The lowest BCUT2D eigenvalue weighted by Gasteiger charge is -2.12. The van der Waals surface area contributed by atoms with E-state index in [0.29, 0.717) is 10.2 Å². The van der Waals surface area contributed by atoms with E-state index in [1.54, 1.807) is 19.9 Å². The number of aromatic carboxylic acids is 1. The first-order valence-corrected chi connectivity index (χ1v) is 6.66. The van der Waals surface area contributed by atoms with E-state index in [1.165, 1.54) is 12.1 Å². The van der Waals surface area contributed by atoms with Gasteiger partial charge in [-0.2, -0.15) is 0 Å². The quantitative estimate of drug-likeness (QED) is 0.734. The minimum absolute atomic E-state index is 0.127. The molecule has 0 heterocycles. The molecule has 1 amide bonds. The van der Waals surface area contributed by atoms with Crippen LogP contribution in [0.5, 0.6) is 0 Å². The van der Waals surface area contributed by atoms with Crippen LogP contribution in [0.15, 0.2) is 22.7 Å². The molecule has 0 aliphatic heterocycles. The van der Waals surface area contributed by atoms with Crippen molar-refractivity contribution in [1.82, 2.24) is 5.32 Å². The van der Waals surface area contributed by atoms with Crippen molar-refractivity contribution >= 4 is 50.8 Å². The van der Waals surface area contributed by atoms with Crippen LogP contribution in [0.1, 0.15) is 24.2 Å². The van der Waals surface area contributed by atoms with Crippen molar-refractivity contribution in [2.24, 2.45) is 5.92 Å². The van der Waals surface area contributed by atoms with Gasteiger partial charge in [0.15, 0.2) is 5.11 Å². The minimum atomic E-state index is -1.03. The lowest BCUT2D eigenvalue weighted by atomic mass is 10.2. The number of carbonyl (C=O) groups is 2. The lowest BCUT2D eigenvalue weighted by Crippen LogP contribution is -2.36. The third-order valence-corrected chi connectivity index (χ3v) is 3.12. The van der Waals surface area contributed by atoms with Crippen LogP contribution < -0.4 is 10.6 Å². The van der Waals surface area contributed by atoms with Crippen LogP contribution in [-0.2, 0) is 4.79 Å². The fourth-order valence-electron chi connectivity index (χ4n) is 1.16. The van der Waals surface area contributed by atoms with Crippen LogP contribution >= 0.6 is 28.1 Å². The molecule has 1 aromatic carbocycles. The standard InChI is InChI=1S/C12H13BrN2O3S/c1-6(2)10(16)15-12(19)14-9-5-7(11(17)18)3-4-8(9)13/h3-6H,1-2H3,(H,17,18)(H2,14,15,16,19). The van der Waals surface area contributed by atoms with Crippen LogP contribution in [0.2, 0.25) is 0 Å². The molecule has 0 spiro atoms. The zero-order valence-corrected chi connectivity index (χ0v) is 12.8. The zero-order chi connectivity index (χ0) is 14.6. The molecule has 19 heavy (non-hydrogen) atoms. The monoisotopic (exact) mass is 344 g/mol. The topological polar surface area (TPSA) is 78.4 Å². The van der Waals surface area contributed by atoms with Crippen LogP contribution in [0.25, 0.3) is 0 Å². The molecular weight excluding hydrogens is 332 g/mol. The molecule has 0 saturated heterocycles. The third-order valence-electron chi connectivity index (χ3n) is 2.22. The van der Waals surface area contributed by atoms with Gasteiger partial charge in [-0.1, -0.05) is 13.8 Å². The maximum Gasteiger partial charge on any atom is 0.335 e. The maximum atomic E-state index is 11.5. The Labute approximate surface area is 124 Å². The van der Waals surface area contributed by atoms with Crippen molar-refractivity contribution in [2.75, 3.05) is 5.32 Å². The second-order valence-electron chi connectivity index (χ2n) is 4.10. The molecule has 0 atom stereocenters. The number of hydrogen-bond donors (Lipinski definition) is 3. The number of amides is 1. The predicted molar refractivity (Wildman–Crippen MR) is 80.3 cm³/mol. The lowest BCUT2D eigenvalue weighted by molar-refractivity contribution is -0.122. The number of halogens is 1. The number of carbonyl (C=O) groups excluding carboxylic acids is 1. The van der Waals surface area contributed by atoms with Gasteiger partial charge in [-0.15, -0.1) is 0 Å². The van der Waals surface area contributed by atoms with Gasteiger partial charge in [0, 0.05) is 10.4 Å². The molecule has 102 valence electrons. The molecule has 0 aliphatic carbocycles. The Hall–Kier alpha value is -1.47. The molecule has 3 N–H and O–H groups in total. The molecule has 0 bridgehead atoms. The first-order valence-electron chi connectivity index (χ1n) is 5.46. The van der Waals surface area contributed by atoms with Crippen molar-refractivity contribution < 1.29 is 14.7 Å². The van der Waals surface area contributed by atoms with E-state index in [9.17, 15) is 9.59 Å². The number of carboxylic acids is 1. The van der Waals surface area contributed by atoms with E-state index in [2.05, 4.69) is 26.6 Å². The van der Waals surface area contributed by atoms with Gasteiger partial charge in [0.1, 0.15) is 0 Å². The Morgan fingerprint density at radius 2 is 2.00 bits per heavy atom. The molecule has 1 rings (SSSR count). The second kappa shape index (κ2) is 6.63. The van der Waals surface area contributed by atoms with E-state index < -0.39 is 5.97 Å². The average Bonchev–Trinajstić information content (AvgIpc) is 2.31. The Morgan fingerprint density at radius 1 is 1.37 bits per heavy atom. The molecule has 0 aromatic heterocycles. The number of nitrogens with one attached hydrogen (secondary N) is 2. The SMILES string of the molecule is CC(C)C(=O)NC(=S)Nc1cc(C(=O)O)ccc1Br. The predicted octanol–water partition coefficient (Wildman–Crippen LogP) is 2.62. The molecule has 0 aliphatic rings. The van der Waals surface area contributed by atoms with Crippen molar-refractivity contribution in [3.8, 4) is 0 Å². The number of benzene rings is 1. The zero-order valence-electron chi connectivity index (χ0n) is 10.4. The largest absolute Gasteiger partial charge is 0.478 e. The second-order valence-corrected chi connectivity index (χ2v) is 5.36. The van der Waals surface area contributed by atoms with Gasteiger partial charge in [-0.25, -0.2) is 4.79 Å². The van der Waals surface area contributed by atoms with Gasteiger partial charge in [-0.3, -0.25) is 4.79 Å². The maximum absolute atomic E-state index is 11.5.